The zero-order valence-corrected chi connectivity index (χ0v) is 12.9. The Kier molecular flexibility index (Phi) is 5.51. The van der Waals surface area contributed by atoms with Gasteiger partial charge in [-0.1, -0.05) is 32.0 Å². The molecule has 0 unspecified atom stereocenters. The fraction of sp³-hybridized carbons (Fsp3) is 0.250. The Morgan fingerprint density at radius 1 is 1.38 bits per heavy atom. The lowest BCUT2D eigenvalue weighted by atomic mass is 10.0. The van der Waals surface area contributed by atoms with E-state index in [1.165, 1.54) is 5.56 Å². The third-order valence-corrected chi connectivity index (χ3v) is 3.63. The van der Waals surface area contributed by atoms with Gasteiger partial charge in [-0.3, -0.25) is 4.79 Å². The summed E-state index contributed by atoms with van der Waals surface area (Å²) >= 11 is 1.56. The Morgan fingerprint density at radius 2 is 2.24 bits per heavy atom. The summed E-state index contributed by atoms with van der Waals surface area (Å²) in [7, 11) is 0. The molecule has 1 aromatic carbocycles. The topological polar surface area (TPSA) is 50.7 Å². The maximum atomic E-state index is 11.6. The minimum absolute atomic E-state index is 0.0523. The highest BCUT2D eigenvalue weighted by molar-refractivity contribution is 7.11. The number of rotatable bonds is 6. The van der Waals surface area contributed by atoms with Crippen LogP contribution in [-0.4, -0.2) is 18.7 Å². The summed E-state index contributed by atoms with van der Waals surface area (Å²) in [6.45, 7) is 4.18. The SMILES string of the molecule is CC(C)c1cccc(OCC(=O)N/N=C/c2cccs2)c1. The van der Waals surface area contributed by atoms with Gasteiger partial charge in [0.1, 0.15) is 5.75 Å². The molecule has 2 aromatic rings. The fourth-order valence-corrected chi connectivity index (χ4v) is 2.26. The van der Waals surface area contributed by atoms with Crippen LogP contribution in [0.2, 0.25) is 0 Å². The second-order valence-electron chi connectivity index (χ2n) is 4.82. The van der Waals surface area contributed by atoms with Crippen LogP contribution in [0.4, 0.5) is 0 Å². The van der Waals surface area contributed by atoms with Crippen LogP contribution >= 0.6 is 11.3 Å². The molecule has 0 saturated carbocycles. The Labute approximate surface area is 128 Å². The van der Waals surface area contributed by atoms with Crippen LogP contribution in [0.15, 0.2) is 46.9 Å². The zero-order chi connectivity index (χ0) is 15.1. The van der Waals surface area contributed by atoms with Crippen molar-refractivity contribution in [3.63, 3.8) is 0 Å². The molecule has 1 amide bonds. The normalized spacial score (nSPS) is 11.0. The van der Waals surface area contributed by atoms with Gasteiger partial charge in [0, 0.05) is 4.88 Å². The number of amides is 1. The maximum Gasteiger partial charge on any atom is 0.277 e. The molecule has 5 heteroatoms. The Balaban J connectivity index is 1.80. The summed E-state index contributed by atoms with van der Waals surface area (Å²) in [4.78, 5) is 12.6. The van der Waals surface area contributed by atoms with E-state index >= 15 is 0 Å². The minimum Gasteiger partial charge on any atom is -0.484 e. The van der Waals surface area contributed by atoms with Crippen molar-refractivity contribution in [3.05, 3.63) is 52.2 Å². The number of benzene rings is 1. The lowest BCUT2D eigenvalue weighted by Crippen LogP contribution is -2.24. The van der Waals surface area contributed by atoms with E-state index in [9.17, 15) is 4.79 Å². The largest absolute Gasteiger partial charge is 0.484 e. The molecule has 110 valence electrons. The van der Waals surface area contributed by atoms with Crippen molar-refractivity contribution in [1.82, 2.24) is 5.43 Å². The first-order valence-electron chi connectivity index (χ1n) is 6.73. The third kappa shape index (κ3) is 5.04. The molecule has 0 fully saturated rings. The highest BCUT2D eigenvalue weighted by Gasteiger charge is 2.04. The number of hydrogen-bond donors (Lipinski definition) is 1. The van der Waals surface area contributed by atoms with Gasteiger partial charge in [-0.25, -0.2) is 5.43 Å². The van der Waals surface area contributed by atoms with E-state index < -0.39 is 0 Å². The van der Waals surface area contributed by atoms with Crippen molar-refractivity contribution in [2.24, 2.45) is 5.10 Å². The number of hydrogen-bond acceptors (Lipinski definition) is 4. The van der Waals surface area contributed by atoms with Gasteiger partial charge in [-0.2, -0.15) is 5.10 Å². The number of ether oxygens (including phenoxy) is 1. The highest BCUT2D eigenvalue weighted by atomic mass is 32.1. The number of hydrazone groups is 1. The molecule has 0 aliphatic rings. The van der Waals surface area contributed by atoms with Gasteiger partial charge >= 0.3 is 0 Å². The molecule has 0 radical (unpaired) electrons. The first kappa shape index (κ1) is 15.3. The van der Waals surface area contributed by atoms with Gasteiger partial charge in [-0.15, -0.1) is 11.3 Å². The van der Waals surface area contributed by atoms with Gasteiger partial charge in [0.05, 0.1) is 6.21 Å². The zero-order valence-electron chi connectivity index (χ0n) is 12.1. The van der Waals surface area contributed by atoms with E-state index in [2.05, 4.69) is 24.4 Å². The predicted molar refractivity (Wildman–Crippen MR) is 86.1 cm³/mol. The molecule has 0 spiro atoms. The lowest BCUT2D eigenvalue weighted by molar-refractivity contribution is -0.123. The molecule has 1 heterocycles. The summed E-state index contributed by atoms with van der Waals surface area (Å²) in [6, 6.07) is 11.6. The van der Waals surface area contributed by atoms with Crippen molar-refractivity contribution in [1.29, 1.82) is 0 Å². The van der Waals surface area contributed by atoms with Crippen LogP contribution in [0, 0.1) is 0 Å². The summed E-state index contributed by atoms with van der Waals surface area (Å²) in [5.74, 6) is 0.842. The van der Waals surface area contributed by atoms with E-state index in [0.29, 0.717) is 11.7 Å². The van der Waals surface area contributed by atoms with Crippen LogP contribution in [0.1, 0.15) is 30.2 Å². The standard InChI is InChI=1S/C16H18N2O2S/c1-12(2)13-5-3-6-14(9-13)20-11-16(19)18-17-10-15-7-4-8-21-15/h3-10,12H,11H2,1-2H3,(H,18,19)/b17-10+. The molecule has 0 aliphatic carbocycles. The molecule has 21 heavy (non-hydrogen) atoms. The fourth-order valence-electron chi connectivity index (χ4n) is 1.68. The predicted octanol–water partition coefficient (Wildman–Crippen LogP) is 3.40. The van der Waals surface area contributed by atoms with E-state index in [4.69, 9.17) is 4.74 Å². The molecule has 0 saturated heterocycles. The van der Waals surface area contributed by atoms with E-state index in [1.54, 1.807) is 17.6 Å². The second kappa shape index (κ2) is 7.59. The van der Waals surface area contributed by atoms with E-state index in [1.807, 2.05) is 41.8 Å². The molecule has 2 rings (SSSR count). The van der Waals surface area contributed by atoms with Crippen LogP contribution < -0.4 is 10.2 Å². The summed E-state index contributed by atoms with van der Waals surface area (Å²) in [5, 5.41) is 5.83. The Morgan fingerprint density at radius 3 is 2.95 bits per heavy atom. The van der Waals surface area contributed by atoms with Crippen molar-refractivity contribution in [2.75, 3.05) is 6.61 Å². The van der Waals surface area contributed by atoms with Crippen molar-refractivity contribution < 1.29 is 9.53 Å². The summed E-state index contributed by atoms with van der Waals surface area (Å²) < 4.78 is 5.46. The molecule has 1 aromatic heterocycles. The average Bonchev–Trinajstić information content (AvgIpc) is 2.99. The lowest BCUT2D eigenvalue weighted by Gasteiger charge is -2.09. The van der Waals surface area contributed by atoms with Crippen LogP contribution in [0.3, 0.4) is 0 Å². The van der Waals surface area contributed by atoms with Crippen molar-refractivity contribution >= 4 is 23.5 Å². The third-order valence-electron chi connectivity index (χ3n) is 2.82. The molecule has 0 bridgehead atoms. The highest BCUT2D eigenvalue weighted by Crippen LogP contribution is 2.19. The molecule has 0 aliphatic heterocycles. The van der Waals surface area contributed by atoms with Crippen LogP contribution in [0.5, 0.6) is 5.75 Å². The number of carbonyl (C=O) groups is 1. The molecular weight excluding hydrogens is 284 g/mol. The monoisotopic (exact) mass is 302 g/mol. The number of carbonyl (C=O) groups excluding carboxylic acids is 1. The molecular formula is C16H18N2O2S. The van der Waals surface area contributed by atoms with Crippen molar-refractivity contribution in [2.45, 2.75) is 19.8 Å². The van der Waals surface area contributed by atoms with Gasteiger partial charge in [0.2, 0.25) is 0 Å². The average molecular weight is 302 g/mol. The van der Waals surface area contributed by atoms with Gasteiger partial charge < -0.3 is 4.74 Å². The molecule has 4 nitrogen and oxygen atoms in total. The van der Waals surface area contributed by atoms with Crippen LogP contribution in [0.25, 0.3) is 0 Å². The maximum absolute atomic E-state index is 11.6. The Bertz CT molecular complexity index is 606. The first-order valence-corrected chi connectivity index (χ1v) is 7.61. The van der Waals surface area contributed by atoms with Crippen LogP contribution in [-0.2, 0) is 4.79 Å². The minimum atomic E-state index is -0.280. The summed E-state index contributed by atoms with van der Waals surface area (Å²) in [6.07, 6.45) is 1.61. The molecule has 0 atom stereocenters. The second-order valence-corrected chi connectivity index (χ2v) is 5.80. The van der Waals surface area contributed by atoms with Gasteiger partial charge in [0.25, 0.3) is 5.91 Å². The van der Waals surface area contributed by atoms with Crippen molar-refractivity contribution in [3.8, 4) is 5.75 Å². The first-order chi connectivity index (χ1) is 10.1. The quantitative estimate of drug-likeness (QED) is 0.657. The van der Waals surface area contributed by atoms with Gasteiger partial charge in [0.15, 0.2) is 6.61 Å². The summed E-state index contributed by atoms with van der Waals surface area (Å²) in [5.41, 5.74) is 3.62. The number of nitrogens with zero attached hydrogens (tertiary/aromatic N) is 1. The number of thiophene rings is 1. The Hall–Kier alpha value is -2.14. The smallest absolute Gasteiger partial charge is 0.277 e. The van der Waals surface area contributed by atoms with E-state index in [0.717, 1.165) is 4.88 Å². The number of nitrogens with one attached hydrogen (secondary N) is 1. The van der Waals surface area contributed by atoms with Gasteiger partial charge in [-0.05, 0) is 35.1 Å². The molecule has 1 N–H and O–H groups in total. The van der Waals surface area contributed by atoms with E-state index in [-0.39, 0.29) is 12.5 Å².